The molecule has 0 bridgehead atoms. The lowest BCUT2D eigenvalue weighted by atomic mass is 9.95. The Morgan fingerprint density at radius 2 is 2.12 bits per heavy atom. The molecule has 0 aliphatic heterocycles. The fourth-order valence-corrected chi connectivity index (χ4v) is 5.20. The number of nitrogens with zero attached hydrogens (tertiary/aromatic N) is 3. The first-order chi connectivity index (χ1) is 12.7. The van der Waals surface area contributed by atoms with Crippen LogP contribution in [0.15, 0.2) is 16.6 Å². The zero-order chi connectivity index (χ0) is 18.4. The van der Waals surface area contributed by atoms with E-state index in [1.165, 1.54) is 35.9 Å². The Morgan fingerprint density at radius 3 is 2.85 bits per heavy atom. The highest BCUT2D eigenvalue weighted by atomic mass is 32.2. The van der Waals surface area contributed by atoms with Gasteiger partial charge in [-0.1, -0.05) is 44.4 Å². The Labute approximate surface area is 164 Å². The number of carbonyl (C=O) groups excluding carboxylic acids is 1. The Bertz CT molecular complexity index is 719. The van der Waals surface area contributed by atoms with Gasteiger partial charge in [0, 0.05) is 28.4 Å². The third-order valence-electron chi connectivity index (χ3n) is 4.74. The maximum atomic E-state index is 12.2. The zero-order valence-electron chi connectivity index (χ0n) is 15.7. The number of amides is 1. The highest BCUT2D eigenvalue weighted by Gasteiger charge is 2.18. The SMILES string of the molecule is CCCc1cc(-c2nnc(SCC(=O)NC3CCCCC3)n2CC)cs1. The largest absolute Gasteiger partial charge is 0.353 e. The minimum Gasteiger partial charge on any atom is -0.353 e. The fourth-order valence-electron chi connectivity index (χ4n) is 3.42. The lowest BCUT2D eigenvalue weighted by Crippen LogP contribution is -2.37. The highest BCUT2D eigenvalue weighted by molar-refractivity contribution is 7.99. The number of hydrogen-bond acceptors (Lipinski definition) is 5. The number of thiophene rings is 1. The molecule has 26 heavy (non-hydrogen) atoms. The Kier molecular flexibility index (Phi) is 7.14. The van der Waals surface area contributed by atoms with Crippen molar-refractivity contribution < 1.29 is 4.79 Å². The molecule has 1 N–H and O–H groups in total. The van der Waals surface area contributed by atoms with E-state index >= 15 is 0 Å². The number of rotatable bonds is 8. The normalized spacial score (nSPS) is 15.3. The van der Waals surface area contributed by atoms with Gasteiger partial charge < -0.3 is 9.88 Å². The molecule has 5 nitrogen and oxygen atoms in total. The second kappa shape index (κ2) is 9.55. The third kappa shape index (κ3) is 4.88. The first-order valence-corrected chi connectivity index (χ1v) is 11.5. The predicted octanol–water partition coefficient (Wildman–Crippen LogP) is 4.52. The van der Waals surface area contributed by atoms with Crippen LogP contribution in [-0.2, 0) is 17.8 Å². The van der Waals surface area contributed by atoms with Crippen LogP contribution in [0.4, 0.5) is 0 Å². The van der Waals surface area contributed by atoms with E-state index < -0.39 is 0 Å². The zero-order valence-corrected chi connectivity index (χ0v) is 17.3. The topological polar surface area (TPSA) is 59.8 Å². The van der Waals surface area contributed by atoms with Crippen LogP contribution in [0.2, 0.25) is 0 Å². The summed E-state index contributed by atoms with van der Waals surface area (Å²) < 4.78 is 2.11. The molecule has 3 rings (SSSR count). The summed E-state index contributed by atoms with van der Waals surface area (Å²) in [6.45, 7) is 5.09. The van der Waals surface area contributed by atoms with Gasteiger partial charge in [0.05, 0.1) is 5.75 Å². The summed E-state index contributed by atoms with van der Waals surface area (Å²) in [5.74, 6) is 1.41. The van der Waals surface area contributed by atoms with Crippen LogP contribution >= 0.6 is 23.1 Å². The molecule has 1 fully saturated rings. The average molecular weight is 393 g/mol. The standard InChI is InChI=1S/C19H28N4OS2/c1-3-8-16-11-14(12-25-16)18-21-22-19(23(18)4-2)26-13-17(24)20-15-9-6-5-7-10-15/h11-12,15H,3-10,13H2,1-2H3,(H,20,24). The summed E-state index contributed by atoms with van der Waals surface area (Å²) in [5, 5.41) is 14.9. The Balaban J connectivity index is 1.61. The Hall–Kier alpha value is -1.34. The van der Waals surface area contributed by atoms with E-state index in [-0.39, 0.29) is 5.91 Å². The number of aromatic nitrogens is 3. The minimum atomic E-state index is 0.106. The average Bonchev–Trinajstić information content (AvgIpc) is 3.27. The smallest absolute Gasteiger partial charge is 0.230 e. The van der Waals surface area contributed by atoms with Gasteiger partial charge in [0.25, 0.3) is 0 Å². The third-order valence-corrected chi connectivity index (χ3v) is 6.71. The van der Waals surface area contributed by atoms with Gasteiger partial charge in [-0.25, -0.2) is 0 Å². The van der Waals surface area contributed by atoms with Crippen molar-refractivity contribution in [3.8, 4) is 11.4 Å². The van der Waals surface area contributed by atoms with Crippen molar-refractivity contribution in [2.24, 2.45) is 0 Å². The molecule has 0 atom stereocenters. The molecule has 1 amide bonds. The molecule has 2 aromatic heterocycles. The van der Waals surface area contributed by atoms with Gasteiger partial charge in [-0.05, 0) is 32.3 Å². The van der Waals surface area contributed by atoms with Gasteiger partial charge in [-0.3, -0.25) is 4.79 Å². The van der Waals surface area contributed by atoms with Crippen molar-refractivity contribution in [3.05, 3.63) is 16.3 Å². The van der Waals surface area contributed by atoms with Crippen LogP contribution in [-0.4, -0.2) is 32.5 Å². The molecule has 142 valence electrons. The summed E-state index contributed by atoms with van der Waals surface area (Å²) in [6, 6.07) is 2.58. The van der Waals surface area contributed by atoms with E-state index in [4.69, 9.17) is 0 Å². The van der Waals surface area contributed by atoms with Crippen LogP contribution in [0.3, 0.4) is 0 Å². The molecule has 0 spiro atoms. The van der Waals surface area contributed by atoms with Crippen LogP contribution in [0, 0.1) is 0 Å². The fraction of sp³-hybridized carbons (Fsp3) is 0.632. The van der Waals surface area contributed by atoms with Crippen LogP contribution in [0.25, 0.3) is 11.4 Å². The summed E-state index contributed by atoms with van der Waals surface area (Å²) in [5.41, 5.74) is 1.13. The minimum absolute atomic E-state index is 0.106. The van der Waals surface area contributed by atoms with Crippen molar-refractivity contribution >= 4 is 29.0 Å². The molecule has 1 saturated carbocycles. The molecule has 0 saturated heterocycles. The van der Waals surface area contributed by atoms with Crippen LogP contribution in [0.1, 0.15) is 57.2 Å². The molecule has 0 aromatic carbocycles. The summed E-state index contributed by atoms with van der Waals surface area (Å²) in [7, 11) is 0. The number of nitrogens with one attached hydrogen (secondary N) is 1. The van der Waals surface area contributed by atoms with Crippen molar-refractivity contribution in [2.75, 3.05) is 5.75 Å². The van der Waals surface area contributed by atoms with E-state index in [2.05, 4.69) is 45.4 Å². The van der Waals surface area contributed by atoms with Crippen molar-refractivity contribution in [1.29, 1.82) is 0 Å². The number of carbonyl (C=O) groups is 1. The second-order valence-corrected chi connectivity index (χ2v) is 8.73. The first kappa shape index (κ1) is 19.4. The molecule has 2 heterocycles. The van der Waals surface area contributed by atoms with E-state index in [0.29, 0.717) is 11.8 Å². The van der Waals surface area contributed by atoms with Gasteiger partial charge >= 0.3 is 0 Å². The number of thioether (sulfide) groups is 1. The van der Waals surface area contributed by atoms with Crippen molar-refractivity contribution in [1.82, 2.24) is 20.1 Å². The number of aryl methyl sites for hydroxylation is 1. The van der Waals surface area contributed by atoms with E-state index in [1.54, 1.807) is 11.3 Å². The maximum Gasteiger partial charge on any atom is 0.230 e. The second-order valence-electron chi connectivity index (χ2n) is 6.79. The molecule has 0 unspecified atom stereocenters. The number of hydrogen-bond donors (Lipinski definition) is 1. The summed E-state index contributed by atoms with van der Waals surface area (Å²) in [6.07, 6.45) is 8.24. The van der Waals surface area contributed by atoms with Crippen LogP contribution in [0.5, 0.6) is 0 Å². The molecular weight excluding hydrogens is 364 g/mol. The Morgan fingerprint density at radius 1 is 1.31 bits per heavy atom. The summed E-state index contributed by atoms with van der Waals surface area (Å²) >= 11 is 3.26. The molecule has 1 aliphatic carbocycles. The van der Waals surface area contributed by atoms with Crippen molar-refractivity contribution in [3.63, 3.8) is 0 Å². The lowest BCUT2D eigenvalue weighted by Gasteiger charge is -2.22. The molecule has 2 aromatic rings. The molecule has 1 aliphatic rings. The van der Waals surface area contributed by atoms with Crippen molar-refractivity contribution in [2.45, 2.75) is 76.5 Å². The van der Waals surface area contributed by atoms with E-state index in [0.717, 1.165) is 48.8 Å². The monoisotopic (exact) mass is 392 g/mol. The maximum absolute atomic E-state index is 12.2. The summed E-state index contributed by atoms with van der Waals surface area (Å²) in [4.78, 5) is 13.6. The van der Waals surface area contributed by atoms with Gasteiger partial charge in [0.1, 0.15) is 0 Å². The van der Waals surface area contributed by atoms with Crippen LogP contribution < -0.4 is 5.32 Å². The molecule has 7 heteroatoms. The van der Waals surface area contributed by atoms with Gasteiger partial charge in [0.2, 0.25) is 5.91 Å². The highest BCUT2D eigenvalue weighted by Crippen LogP contribution is 2.28. The molecular formula is C19H28N4OS2. The first-order valence-electron chi connectivity index (χ1n) is 9.64. The van der Waals surface area contributed by atoms with E-state index in [1.807, 2.05) is 0 Å². The van der Waals surface area contributed by atoms with Gasteiger partial charge in [-0.2, -0.15) is 0 Å². The van der Waals surface area contributed by atoms with Gasteiger partial charge in [0.15, 0.2) is 11.0 Å². The van der Waals surface area contributed by atoms with E-state index in [9.17, 15) is 4.79 Å². The molecule has 0 radical (unpaired) electrons. The quantitative estimate of drug-likeness (QED) is 0.671. The van der Waals surface area contributed by atoms with Gasteiger partial charge in [-0.15, -0.1) is 21.5 Å². The predicted molar refractivity (Wildman–Crippen MR) is 109 cm³/mol. The lowest BCUT2D eigenvalue weighted by molar-refractivity contribution is -0.119.